The van der Waals surface area contributed by atoms with E-state index in [-0.39, 0.29) is 11.9 Å². The van der Waals surface area contributed by atoms with Crippen molar-refractivity contribution in [3.63, 3.8) is 0 Å². The molecule has 0 radical (unpaired) electrons. The van der Waals surface area contributed by atoms with Crippen molar-refractivity contribution in [3.05, 3.63) is 28.8 Å². The molecule has 1 N–H and O–H groups in total. The van der Waals surface area contributed by atoms with Crippen LogP contribution in [0, 0.1) is 0 Å². The van der Waals surface area contributed by atoms with Crippen LogP contribution in [-0.4, -0.2) is 49.7 Å². The molecule has 1 saturated heterocycles. The second-order valence-electron chi connectivity index (χ2n) is 5.28. The van der Waals surface area contributed by atoms with Crippen LogP contribution in [0.5, 0.6) is 5.75 Å². The molecule has 2 rings (SSSR count). The van der Waals surface area contributed by atoms with Gasteiger partial charge in [0, 0.05) is 24.2 Å². The molecule has 0 atom stereocenters. The number of methoxy groups -OCH3 is 1. The molecule has 0 saturated carbocycles. The van der Waals surface area contributed by atoms with Crippen molar-refractivity contribution in [3.8, 4) is 5.75 Å². The van der Waals surface area contributed by atoms with Gasteiger partial charge in [0.1, 0.15) is 5.75 Å². The number of carbonyl (C=O) groups is 2. The van der Waals surface area contributed by atoms with Crippen LogP contribution in [0.4, 0.5) is 4.79 Å². The Morgan fingerprint density at radius 2 is 2.04 bits per heavy atom. The highest BCUT2D eigenvalue weighted by molar-refractivity contribution is 6.31. The van der Waals surface area contributed by atoms with Gasteiger partial charge >= 0.3 is 6.09 Å². The summed E-state index contributed by atoms with van der Waals surface area (Å²) >= 11 is 5.98. The van der Waals surface area contributed by atoms with E-state index < -0.39 is 6.09 Å². The molecular weight excluding hydrogens is 320 g/mol. The summed E-state index contributed by atoms with van der Waals surface area (Å²) in [5.74, 6) is 0.394. The summed E-state index contributed by atoms with van der Waals surface area (Å²) in [4.78, 5) is 25.8. The summed E-state index contributed by atoms with van der Waals surface area (Å²) in [5, 5.41) is 3.30. The molecule has 1 fully saturated rings. The first kappa shape index (κ1) is 17.4. The summed E-state index contributed by atoms with van der Waals surface area (Å²) in [5.41, 5.74) is 0.455. The normalized spacial score (nSPS) is 15.2. The second kappa shape index (κ2) is 8.06. The number of hydrogen-bond acceptors (Lipinski definition) is 4. The second-order valence-corrected chi connectivity index (χ2v) is 5.71. The maximum Gasteiger partial charge on any atom is 0.407 e. The van der Waals surface area contributed by atoms with Gasteiger partial charge in [0.15, 0.2) is 0 Å². The van der Waals surface area contributed by atoms with Gasteiger partial charge in [-0.2, -0.15) is 0 Å². The van der Waals surface area contributed by atoms with Crippen LogP contribution in [0.15, 0.2) is 18.2 Å². The van der Waals surface area contributed by atoms with Crippen molar-refractivity contribution in [2.45, 2.75) is 25.8 Å². The Balaban J connectivity index is 1.96. The van der Waals surface area contributed by atoms with Gasteiger partial charge in [0.2, 0.25) is 0 Å². The van der Waals surface area contributed by atoms with Gasteiger partial charge in [0.05, 0.1) is 19.3 Å². The Labute approximate surface area is 140 Å². The Kier molecular flexibility index (Phi) is 6.10. The lowest BCUT2D eigenvalue weighted by Crippen LogP contribution is -2.46. The third-order valence-electron chi connectivity index (χ3n) is 3.77. The van der Waals surface area contributed by atoms with E-state index in [0.717, 1.165) is 0 Å². The lowest BCUT2D eigenvalue weighted by molar-refractivity contribution is 0.0699. The molecule has 6 nitrogen and oxygen atoms in total. The molecule has 7 heteroatoms. The van der Waals surface area contributed by atoms with Crippen LogP contribution >= 0.6 is 11.6 Å². The number of carbonyl (C=O) groups excluding carboxylic acids is 2. The van der Waals surface area contributed by atoms with Gasteiger partial charge in [-0.3, -0.25) is 4.79 Å². The summed E-state index contributed by atoms with van der Waals surface area (Å²) in [6.45, 7) is 3.23. The van der Waals surface area contributed by atoms with Crippen molar-refractivity contribution < 1.29 is 19.1 Å². The zero-order valence-corrected chi connectivity index (χ0v) is 14.1. The van der Waals surface area contributed by atoms with Crippen LogP contribution < -0.4 is 10.1 Å². The largest absolute Gasteiger partial charge is 0.496 e. The van der Waals surface area contributed by atoms with E-state index in [1.807, 2.05) is 0 Å². The first-order valence-corrected chi connectivity index (χ1v) is 7.99. The molecule has 0 unspecified atom stereocenters. The average Bonchev–Trinajstić information content (AvgIpc) is 2.55. The highest BCUT2D eigenvalue weighted by atomic mass is 35.5. The van der Waals surface area contributed by atoms with Gasteiger partial charge in [-0.25, -0.2) is 4.79 Å². The minimum absolute atomic E-state index is 0.0272. The first-order chi connectivity index (χ1) is 11.0. The standard InChI is InChI=1S/C16H21ClN2O4/c1-3-23-16(21)18-12-6-8-19(9-7-12)15(20)13-10-11(17)4-5-14(13)22-2/h4-5,10,12H,3,6-9H2,1-2H3,(H,18,21). The number of rotatable bonds is 4. The van der Waals surface area contributed by atoms with Gasteiger partial charge in [-0.15, -0.1) is 0 Å². The fourth-order valence-corrected chi connectivity index (χ4v) is 2.76. The number of piperidine rings is 1. The molecule has 0 spiro atoms. The molecule has 0 aromatic heterocycles. The average molecular weight is 341 g/mol. The van der Waals surface area contributed by atoms with E-state index in [4.69, 9.17) is 21.1 Å². The molecule has 126 valence electrons. The number of likely N-dealkylation sites (tertiary alicyclic amines) is 1. The van der Waals surface area contributed by atoms with E-state index in [1.165, 1.54) is 7.11 Å². The Morgan fingerprint density at radius 1 is 1.35 bits per heavy atom. The molecule has 1 aliphatic rings. The minimum Gasteiger partial charge on any atom is -0.496 e. The lowest BCUT2D eigenvalue weighted by Gasteiger charge is -2.32. The van der Waals surface area contributed by atoms with Crippen LogP contribution in [0.3, 0.4) is 0 Å². The summed E-state index contributed by atoms with van der Waals surface area (Å²) in [6, 6.07) is 5.02. The van der Waals surface area contributed by atoms with Crippen LogP contribution in [-0.2, 0) is 4.74 Å². The van der Waals surface area contributed by atoms with Crippen LogP contribution in [0.25, 0.3) is 0 Å². The zero-order chi connectivity index (χ0) is 16.8. The van der Waals surface area contributed by atoms with Gasteiger partial charge < -0.3 is 19.7 Å². The summed E-state index contributed by atoms with van der Waals surface area (Å²) in [6.07, 6.45) is 0.967. The lowest BCUT2D eigenvalue weighted by atomic mass is 10.0. The highest BCUT2D eigenvalue weighted by Gasteiger charge is 2.26. The summed E-state index contributed by atoms with van der Waals surface area (Å²) < 4.78 is 10.1. The third-order valence-corrected chi connectivity index (χ3v) is 4.01. The SMILES string of the molecule is CCOC(=O)NC1CCN(C(=O)c2cc(Cl)ccc2OC)CC1. The van der Waals surface area contributed by atoms with Gasteiger partial charge in [0.25, 0.3) is 5.91 Å². The van der Waals surface area contributed by atoms with Crippen molar-refractivity contribution >= 4 is 23.6 Å². The molecule has 23 heavy (non-hydrogen) atoms. The fourth-order valence-electron chi connectivity index (χ4n) is 2.58. The Morgan fingerprint density at radius 3 is 2.65 bits per heavy atom. The highest BCUT2D eigenvalue weighted by Crippen LogP contribution is 2.25. The molecule has 2 amide bonds. The minimum atomic E-state index is -0.409. The number of nitrogens with one attached hydrogen (secondary N) is 1. The van der Waals surface area contributed by atoms with Gasteiger partial charge in [-0.1, -0.05) is 11.6 Å². The number of ether oxygens (including phenoxy) is 2. The maximum absolute atomic E-state index is 12.6. The number of benzene rings is 1. The van der Waals surface area contributed by atoms with E-state index in [9.17, 15) is 9.59 Å². The van der Waals surface area contributed by atoms with E-state index in [2.05, 4.69) is 5.32 Å². The number of alkyl carbamates (subject to hydrolysis) is 1. The summed E-state index contributed by atoms with van der Waals surface area (Å²) in [7, 11) is 1.52. The fraction of sp³-hybridized carbons (Fsp3) is 0.500. The third kappa shape index (κ3) is 4.51. The van der Waals surface area contributed by atoms with Crippen molar-refractivity contribution in [2.24, 2.45) is 0 Å². The predicted molar refractivity (Wildman–Crippen MR) is 87.1 cm³/mol. The molecule has 1 aromatic carbocycles. The van der Waals surface area contributed by atoms with E-state index >= 15 is 0 Å². The molecule has 1 aromatic rings. The zero-order valence-electron chi connectivity index (χ0n) is 13.3. The number of amides is 2. The van der Waals surface area contributed by atoms with E-state index in [1.54, 1.807) is 30.0 Å². The monoisotopic (exact) mass is 340 g/mol. The molecule has 0 bridgehead atoms. The van der Waals surface area contributed by atoms with Gasteiger partial charge in [-0.05, 0) is 38.0 Å². The smallest absolute Gasteiger partial charge is 0.407 e. The molecule has 1 heterocycles. The predicted octanol–water partition coefficient (Wildman–Crippen LogP) is 2.70. The Bertz CT molecular complexity index is 571. The maximum atomic E-state index is 12.6. The molecular formula is C16H21ClN2O4. The van der Waals surface area contributed by atoms with Crippen molar-refractivity contribution in [1.29, 1.82) is 0 Å². The first-order valence-electron chi connectivity index (χ1n) is 7.61. The topological polar surface area (TPSA) is 67.9 Å². The quantitative estimate of drug-likeness (QED) is 0.915. The molecule has 0 aliphatic carbocycles. The molecule has 1 aliphatic heterocycles. The van der Waals surface area contributed by atoms with Crippen molar-refractivity contribution in [1.82, 2.24) is 10.2 Å². The van der Waals surface area contributed by atoms with Crippen molar-refractivity contribution in [2.75, 3.05) is 26.8 Å². The Hall–Kier alpha value is -1.95. The number of hydrogen-bond donors (Lipinski definition) is 1. The number of nitrogens with zero attached hydrogens (tertiary/aromatic N) is 1. The van der Waals surface area contributed by atoms with Crippen LogP contribution in [0.1, 0.15) is 30.1 Å². The number of halogens is 1. The van der Waals surface area contributed by atoms with E-state index in [0.29, 0.717) is 48.9 Å². The van der Waals surface area contributed by atoms with Crippen LogP contribution in [0.2, 0.25) is 5.02 Å².